The van der Waals surface area contributed by atoms with Gasteiger partial charge in [-0.05, 0) is 42.8 Å². The van der Waals surface area contributed by atoms with Crippen molar-refractivity contribution in [1.82, 2.24) is 0 Å². The molecule has 0 fully saturated rings. The van der Waals surface area contributed by atoms with Gasteiger partial charge in [0, 0.05) is 17.3 Å². The van der Waals surface area contributed by atoms with E-state index in [2.05, 4.69) is 12.2 Å². The molecule has 0 aliphatic heterocycles. The SMILES string of the molecule is CCCCOc1ccc(OC)cc1NC(=O)c1ccc(N)cc1. The molecule has 0 spiro atoms. The molecule has 0 unspecified atom stereocenters. The van der Waals surface area contributed by atoms with Crippen molar-refractivity contribution in [2.24, 2.45) is 0 Å². The average molecular weight is 314 g/mol. The molecule has 0 atom stereocenters. The number of hydrogen-bond donors (Lipinski definition) is 2. The van der Waals surface area contributed by atoms with E-state index in [0.29, 0.717) is 35.0 Å². The first-order valence-corrected chi connectivity index (χ1v) is 7.61. The third kappa shape index (κ3) is 4.64. The molecule has 23 heavy (non-hydrogen) atoms. The lowest BCUT2D eigenvalue weighted by atomic mass is 10.2. The second-order valence-electron chi connectivity index (χ2n) is 5.14. The minimum atomic E-state index is -0.224. The first-order chi connectivity index (χ1) is 11.1. The van der Waals surface area contributed by atoms with Gasteiger partial charge in [0.05, 0.1) is 19.4 Å². The molecule has 0 bridgehead atoms. The van der Waals surface area contributed by atoms with E-state index in [1.54, 1.807) is 49.6 Å². The maximum atomic E-state index is 12.4. The maximum Gasteiger partial charge on any atom is 0.255 e. The van der Waals surface area contributed by atoms with E-state index in [-0.39, 0.29) is 5.91 Å². The molecular formula is C18H22N2O3. The Labute approximate surface area is 136 Å². The number of hydrogen-bond acceptors (Lipinski definition) is 4. The summed E-state index contributed by atoms with van der Waals surface area (Å²) in [7, 11) is 1.58. The van der Waals surface area contributed by atoms with Crippen LogP contribution in [0.1, 0.15) is 30.1 Å². The molecule has 122 valence electrons. The Bertz CT molecular complexity index is 654. The standard InChI is InChI=1S/C18H22N2O3/c1-3-4-11-23-17-10-9-15(22-2)12-16(17)20-18(21)13-5-7-14(19)8-6-13/h5-10,12H,3-4,11,19H2,1-2H3,(H,20,21). The quantitative estimate of drug-likeness (QED) is 0.603. The summed E-state index contributed by atoms with van der Waals surface area (Å²) in [6.07, 6.45) is 2.00. The number of carbonyl (C=O) groups excluding carboxylic acids is 1. The zero-order valence-corrected chi connectivity index (χ0v) is 13.5. The molecule has 5 heteroatoms. The molecule has 2 aromatic carbocycles. The first kappa shape index (κ1) is 16.7. The monoisotopic (exact) mass is 314 g/mol. The number of unbranched alkanes of at least 4 members (excludes halogenated alkanes) is 1. The summed E-state index contributed by atoms with van der Waals surface area (Å²) < 4.78 is 11.0. The van der Waals surface area contributed by atoms with Crippen LogP contribution in [0.4, 0.5) is 11.4 Å². The molecule has 0 saturated heterocycles. The maximum absolute atomic E-state index is 12.4. The zero-order chi connectivity index (χ0) is 16.7. The van der Waals surface area contributed by atoms with Crippen LogP contribution in [0, 0.1) is 0 Å². The van der Waals surface area contributed by atoms with E-state index >= 15 is 0 Å². The summed E-state index contributed by atoms with van der Waals surface area (Å²) in [6, 6.07) is 12.1. The Morgan fingerprint density at radius 1 is 1.17 bits per heavy atom. The zero-order valence-electron chi connectivity index (χ0n) is 13.5. The number of rotatable bonds is 7. The van der Waals surface area contributed by atoms with Crippen LogP contribution in [0.5, 0.6) is 11.5 Å². The molecule has 0 radical (unpaired) electrons. The van der Waals surface area contributed by atoms with Gasteiger partial charge in [-0.25, -0.2) is 0 Å². The van der Waals surface area contributed by atoms with Gasteiger partial charge in [0.2, 0.25) is 0 Å². The smallest absolute Gasteiger partial charge is 0.255 e. The fraction of sp³-hybridized carbons (Fsp3) is 0.278. The van der Waals surface area contributed by atoms with Crippen molar-refractivity contribution >= 4 is 17.3 Å². The van der Waals surface area contributed by atoms with Gasteiger partial charge in [0.25, 0.3) is 5.91 Å². The molecular weight excluding hydrogens is 292 g/mol. The van der Waals surface area contributed by atoms with E-state index in [1.807, 2.05) is 0 Å². The predicted molar refractivity (Wildman–Crippen MR) is 92.2 cm³/mol. The number of benzene rings is 2. The second kappa shape index (κ2) is 8.08. The lowest BCUT2D eigenvalue weighted by Crippen LogP contribution is -2.13. The van der Waals surface area contributed by atoms with Gasteiger partial charge in [-0.2, -0.15) is 0 Å². The van der Waals surface area contributed by atoms with Crippen LogP contribution in [0.15, 0.2) is 42.5 Å². The molecule has 0 aromatic heterocycles. The molecule has 5 nitrogen and oxygen atoms in total. The van der Waals surface area contributed by atoms with Crippen molar-refractivity contribution in [2.45, 2.75) is 19.8 Å². The van der Waals surface area contributed by atoms with E-state index in [4.69, 9.17) is 15.2 Å². The largest absolute Gasteiger partial charge is 0.497 e. The van der Waals surface area contributed by atoms with Gasteiger partial charge in [-0.15, -0.1) is 0 Å². The van der Waals surface area contributed by atoms with Crippen molar-refractivity contribution in [3.05, 3.63) is 48.0 Å². The Hall–Kier alpha value is -2.69. The number of nitrogens with two attached hydrogens (primary N) is 1. The molecule has 0 aliphatic rings. The number of ether oxygens (including phenoxy) is 2. The summed E-state index contributed by atoms with van der Waals surface area (Å²) in [5.74, 6) is 1.06. The number of nitrogens with one attached hydrogen (secondary N) is 1. The van der Waals surface area contributed by atoms with E-state index in [9.17, 15) is 4.79 Å². The molecule has 2 rings (SSSR count). The van der Waals surface area contributed by atoms with Crippen LogP contribution in [0.25, 0.3) is 0 Å². The van der Waals surface area contributed by atoms with Gasteiger partial charge in [0.15, 0.2) is 0 Å². The first-order valence-electron chi connectivity index (χ1n) is 7.61. The highest BCUT2D eigenvalue weighted by Gasteiger charge is 2.11. The third-order valence-electron chi connectivity index (χ3n) is 3.36. The number of amides is 1. The highest BCUT2D eigenvalue weighted by atomic mass is 16.5. The molecule has 1 amide bonds. The minimum Gasteiger partial charge on any atom is -0.497 e. The summed E-state index contributed by atoms with van der Waals surface area (Å²) in [5.41, 5.74) is 7.37. The highest BCUT2D eigenvalue weighted by Crippen LogP contribution is 2.30. The number of carbonyl (C=O) groups is 1. The van der Waals surface area contributed by atoms with Crippen molar-refractivity contribution in [3.8, 4) is 11.5 Å². The van der Waals surface area contributed by atoms with Crippen LogP contribution in [0.2, 0.25) is 0 Å². The third-order valence-corrected chi connectivity index (χ3v) is 3.36. The van der Waals surface area contributed by atoms with Gasteiger partial charge in [0.1, 0.15) is 11.5 Å². The van der Waals surface area contributed by atoms with Crippen LogP contribution in [0.3, 0.4) is 0 Å². The lowest BCUT2D eigenvalue weighted by Gasteiger charge is -2.14. The van der Waals surface area contributed by atoms with Crippen LogP contribution in [-0.2, 0) is 0 Å². The normalized spacial score (nSPS) is 10.2. The van der Waals surface area contributed by atoms with Crippen LogP contribution < -0.4 is 20.5 Å². The van der Waals surface area contributed by atoms with Crippen molar-refractivity contribution in [3.63, 3.8) is 0 Å². The van der Waals surface area contributed by atoms with Gasteiger partial charge in [-0.3, -0.25) is 4.79 Å². The van der Waals surface area contributed by atoms with E-state index in [1.165, 1.54) is 0 Å². The van der Waals surface area contributed by atoms with Gasteiger partial charge < -0.3 is 20.5 Å². The van der Waals surface area contributed by atoms with Gasteiger partial charge in [-0.1, -0.05) is 13.3 Å². The predicted octanol–water partition coefficient (Wildman–Crippen LogP) is 3.71. The Balaban J connectivity index is 2.18. The Morgan fingerprint density at radius 3 is 2.57 bits per heavy atom. The number of anilines is 2. The summed E-state index contributed by atoms with van der Waals surface area (Å²) in [4.78, 5) is 12.4. The average Bonchev–Trinajstić information content (AvgIpc) is 2.56. The molecule has 2 aromatic rings. The topological polar surface area (TPSA) is 73.6 Å². The van der Waals surface area contributed by atoms with Crippen molar-refractivity contribution < 1.29 is 14.3 Å². The Kier molecular flexibility index (Phi) is 5.86. The highest BCUT2D eigenvalue weighted by molar-refractivity contribution is 6.05. The number of methoxy groups -OCH3 is 1. The summed E-state index contributed by atoms with van der Waals surface area (Å²) >= 11 is 0. The fourth-order valence-corrected chi connectivity index (χ4v) is 2.02. The number of nitrogen functional groups attached to an aromatic ring is 1. The fourth-order valence-electron chi connectivity index (χ4n) is 2.02. The summed E-state index contributed by atoms with van der Waals surface area (Å²) in [6.45, 7) is 2.70. The van der Waals surface area contributed by atoms with Crippen molar-refractivity contribution in [2.75, 3.05) is 24.8 Å². The lowest BCUT2D eigenvalue weighted by molar-refractivity contribution is 0.102. The van der Waals surface area contributed by atoms with E-state index in [0.717, 1.165) is 12.8 Å². The molecule has 0 heterocycles. The molecule has 3 N–H and O–H groups in total. The molecule has 0 saturated carbocycles. The minimum absolute atomic E-state index is 0.224. The van der Waals surface area contributed by atoms with Crippen molar-refractivity contribution in [1.29, 1.82) is 0 Å². The van der Waals surface area contributed by atoms with Crippen LogP contribution >= 0.6 is 0 Å². The summed E-state index contributed by atoms with van der Waals surface area (Å²) in [5, 5.41) is 2.86. The molecule has 0 aliphatic carbocycles. The van der Waals surface area contributed by atoms with E-state index < -0.39 is 0 Å². The van der Waals surface area contributed by atoms with Gasteiger partial charge >= 0.3 is 0 Å². The Morgan fingerprint density at radius 2 is 1.91 bits per heavy atom. The van der Waals surface area contributed by atoms with Crippen LogP contribution in [-0.4, -0.2) is 19.6 Å². The second-order valence-corrected chi connectivity index (χ2v) is 5.14.